The van der Waals surface area contributed by atoms with Crippen molar-refractivity contribution in [1.82, 2.24) is 5.32 Å². The lowest BCUT2D eigenvalue weighted by Crippen LogP contribution is -2.28. The average molecular weight is 346 g/mol. The summed E-state index contributed by atoms with van der Waals surface area (Å²) in [5.74, 6) is 0. The van der Waals surface area contributed by atoms with E-state index in [9.17, 15) is 9.00 Å². The molecule has 0 aromatic heterocycles. The molecule has 0 radical (unpaired) electrons. The largest absolute Gasteiger partial charge is 0.377 e. The van der Waals surface area contributed by atoms with E-state index in [1.807, 2.05) is 55.5 Å². The highest BCUT2D eigenvalue weighted by Crippen LogP contribution is 2.11. The number of carbonyl (C=O) groups excluding carboxylic acids is 1. The van der Waals surface area contributed by atoms with E-state index in [1.165, 1.54) is 0 Å². The van der Waals surface area contributed by atoms with Crippen molar-refractivity contribution in [2.24, 2.45) is 0 Å². The number of hydrogen-bond donors (Lipinski definition) is 2. The van der Waals surface area contributed by atoms with Crippen LogP contribution in [0.2, 0.25) is 0 Å². The van der Waals surface area contributed by atoms with E-state index >= 15 is 0 Å². The van der Waals surface area contributed by atoms with E-state index in [1.54, 1.807) is 6.26 Å². The van der Waals surface area contributed by atoms with Crippen molar-refractivity contribution < 1.29 is 13.7 Å². The Morgan fingerprint density at radius 2 is 1.67 bits per heavy atom. The Balaban J connectivity index is 1.81. The summed E-state index contributed by atoms with van der Waals surface area (Å²) in [6.07, 6.45) is 1.64. The van der Waals surface area contributed by atoms with Gasteiger partial charge in [-0.1, -0.05) is 24.3 Å². The number of ether oxygens (including phenoxy) is 1. The molecular weight excluding hydrogens is 324 g/mol. The zero-order valence-corrected chi connectivity index (χ0v) is 14.7. The van der Waals surface area contributed by atoms with Gasteiger partial charge in [0.05, 0.1) is 6.61 Å². The molecule has 2 amide bonds. The van der Waals surface area contributed by atoms with Crippen molar-refractivity contribution in [2.75, 3.05) is 18.2 Å². The second-order valence-electron chi connectivity index (χ2n) is 5.24. The molecular formula is C18H22N2O3S. The van der Waals surface area contributed by atoms with Gasteiger partial charge >= 0.3 is 6.03 Å². The monoisotopic (exact) mass is 346 g/mol. The molecule has 0 spiro atoms. The van der Waals surface area contributed by atoms with Gasteiger partial charge in [0, 0.05) is 40.8 Å². The molecule has 0 aliphatic heterocycles. The molecule has 24 heavy (non-hydrogen) atoms. The van der Waals surface area contributed by atoms with Gasteiger partial charge in [-0.3, -0.25) is 4.21 Å². The first-order valence-corrected chi connectivity index (χ1v) is 9.28. The van der Waals surface area contributed by atoms with Gasteiger partial charge in [-0.2, -0.15) is 0 Å². The van der Waals surface area contributed by atoms with Crippen LogP contribution in [0.4, 0.5) is 10.5 Å². The number of hydrogen-bond acceptors (Lipinski definition) is 3. The maximum Gasteiger partial charge on any atom is 0.319 e. The topological polar surface area (TPSA) is 67.4 Å². The molecule has 0 saturated heterocycles. The highest BCUT2D eigenvalue weighted by Gasteiger charge is 2.03. The first-order valence-electron chi connectivity index (χ1n) is 7.72. The Morgan fingerprint density at radius 1 is 1.04 bits per heavy atom. The predicted molar refractivity (Wildman–Crippen MR) is 96.4 cm³/mol. The summed E-state index contributed by atoms with van der Waals surface area (Å²) in [4.78, 5) is 12.7. The Kier molecular flexibility index (Phi) is 6.96. The number of rotatable bonds is 7. The fourth-order valence-electron chi connectivity index (χ4n) is 2.06. The van der Waals surface area contributed by atoms with Crippen LogP contribution in [0.15, 0.2) is 53.4 Å². The van der Waals surface area contributed by atoms with E-state index in [4.69, 9.17) is 4.74 Å². The third kappa shape index (κ3) is 5.79. The molecule has 128 valence electrons. The number of urea groups is 1. The van der Waals surface area contributed by atoms with Crippen LogP contribution in [0, 0.1) is 0 Å². The number of nitrogens with one attached hydrogen (secondary N) is 2. The van der Waals surface area contributed by atoms with Crippen LogP contribution in [-0.2, 0) is 28.7 Å². The summed E-state index contributed by atoms with van der Waals surface area (Å²) in [5, 5.41) is 5.58. The van der Waals surface area contributed by atoms with Crippen molar-refractivity contribution in [1.29, 1.82) is 0 Å². The van der Waals surface area contributed by atoms with E-state index in [2.05, 4.69) is 10.6 Å². The summed E-state index contributed by atoms with van der Waals surface area (Å²) in [7, 11) is -0.990. The maximum atomic E-state index is 11.9. The van der Waals surface area contributed by atoms with Crippen LogP contribution >= 0.6 is 0 Å². The van der Waals surface area contributed by atoms with Crippen molar-refractivity contribution >= 4 is 22.5 Å². The van der Waals surface area contributed by atoms with Crippen molar-refractivity contribution in [3.05, 3.63) is 59.7 Å². The van der Waals surface area contributed by atoms with Gasteiger partial charge in [0.25, 0.3) is 0 Å². The molecule has 2 aromatic carbocycles. The quantitative estimate of drug-likeness (QED) is 0.808. The fourth-order valence-corrected chi connectivity index (χ4v) is 2.58. The van der Waals surface area contributed by atoms with Crippen LogP contribution < -0.4 is 10.6 Å². The maximum absolute atomic E-state index is 11.9. The number of carbonyl (C=O) groups is 1. The number of benzene rings is 2. The summed E-state index contributed by atoms with van der Waals surface area (Å²) >= 11 is 0. The van der Waals surface area contributed by atoms with E-state index < -0.39 is 10.8 Å². The Labute approximate surface area is 144 Å². The second kappa shape index (κ2) is 9.20. The van der Waals surface area contributed by atoms with Gasteiger partial charge in [-0.15, -0.1) is 0 Å². The van der Waals surface area contributed by atoms with Gasteiger partial charge in [-0.25, -0.2) is 4.79 Å². The average Bonchev–Trinajstić information content (AvgIpc) is 2.59. The van der Waals surface area contributed by atoms with E-state index in [0.717, 1.165) is 21.7 Å². The van der Waals surface area contributed by atoms with Crippen molar-refractivity contribution in [2.45, 2.75) is 25.0 Å². The fraction of sp³-hybridized carbons (Fsp3) is 0.278. The zero-order valence-electron chi connectivity index (χ0n) is 13.9. The molecule has 0 unspecified atom stereocenters. The standard InChI is InChI=1S/C18H22N2O3S/c1-3-23-13-15-4-8-16(9-5-15)20-18(21)19-12-14-6-10-17(11-7-14)24(2)22/h4-11H,3,12-13H2,1-2H3,(H2,19,20,21)/t24-/m0/s1. The Bertz CT molecular complexity index is 684. The number of anilines is 1. The first-order chi connectivity index (χ1) is 11.6. The van der Waals surface area contributed by atoms with Crippen LogP contribution in [0.5, 0.6) is 0 Å². The van der Waals surface area contributed by atoms with Crippen LogP contribution in [-0.4, -0.2) is 23.1 Å². The van der Waals surface area contributed by atoms with Crippen LogP contribution in [0.25, 0.3) is 0 Å². The van der Waals surface area contributed by atoms with E-state index in [-0.39, 0.29) is 6.03 Å². The zero-order chi connectivity index (χ0) is 17.4. The lowest BCUT2D eigenvalue weighted by molar-refractivity contribution is 0.134. The molecule has 6 heteroatoms. The Hall–Kier alpha value is -2.18. The second-order valence-corrected chi connectivity index (χ2v) is 6.62. The minimum Gasteiger partial charge on any atom is -0.377 e. The summed E-state index contributed by atoms with van der Waals surface area (Å²) < 4.78 is 16.7. The van der Waals surface area contributed by atoms with E-state index in [0.29, 0.717) is 19.8 Å². The minimum atomic E-state index is -0.990. The minimum absolute atomic E-state index is 0.268. The van der Waals surface area contributed by atoms with Gasteiger partial charge in [0.1, 0.15) is 0 Å². The molecule has 0 fully saturated rings. The predicted octanol–water partition coefficient (Wildman–Crippen LogP) is 3.28. The first kappa shape index (κ1) is 18.2. The molecule has 0 bridgehead atoms. The van der Waals surface area contributed by atoms with Crippen molar-refractivity contribution in [3.63, 3.8) is 0 Å². The summed E-state index contributed by atoms with van der Waals surface area (Å²) in [5.41, 5.74) is 2.74. The van der Waals surface area contributed by atoms with Gasteiger partial charge in [0.2, 0.25) is 0 Å². The normalized spacial score (nSPS) is 11.8. The van der Waals surface area contributed by atoms with Crippen molar-refractivity contribution in [3.8, 4) is 0 Å². The summed E-state index contributed by atoms with van der Waals surface area (Å²) in [6.45, 7) is 3.61. The van der Waals surface area contributed by atoms with Gasteiger partial charge in [0.15, 0.2) is 0 Å². The molecule has 1 atom stereocenters. The molecule has 2 rings (SSSR count). The lowest BCUT2D eigenvalue weighted by atomic mass is 10.2. The molecule has 5 nitrogen and oxygen atoms in total. The highest BCUT2D eigenvalue weighted by molar-refractivity contribution is 7.84. The van der Waals surface area contributed by atoms with Gasteiger partial charge < -0.3 is 15.4 Å². The third-order valence-electron chi connectivity index (χ3n) is 3.39. The molecule has 2 N–H and O–H groups in total. The number of amides is 2. The van der Waals surface area contributed by atoms with Gasteiger partial charge in [-0.05, 0) is 42.3 Å². The Morgan fingerprint density at radius 3 is 2.25 bits per heavy atom. The molecule has 2 aromatic rings. The molecule has 0 heterocycles. The summed E-state index contributed by atoms with van der Waals surface area (Å²) in [6, 6.07) is 14.6. The smallest absolute Gasteiger partial charge is 0.319 e. The molecule has 0 saturated carbocycles. The van der Waals surface area contributed by atoms with Crippen LogP contribution in [0.3, 0.4) is 0 Å². The molecule has 0 aliphatic carbocycles. The van der Waals surface area contributed by atoms with Crippen LogP contribution in [0.1, 0.15) is 18.1 Å². The molecule has 0 aliphatic rings. The highest BCUT2D eigenvalue weighted by atomic mass is 32.2. The SMILES string of the molecule is CCOCc1ccc(NC(=O)NCc2ccc([S@](C)=O)cc2)cc1. The third-order valence-corrected chi connectivity index (χ3v) is 4.33. The lowest BCUT2D eigenvalue weighted by Gasteiger charge is -2.09.